The van der Waals surface area contributed by atoms with E-state index in [0.717, 1.165) is 0 Å². The minimum absolute atomic E-state index is 0.314. The summed E-state index contributed by atoms with van der Waals surface area (Å²) in [4.78, 5) is 14.6. The molecule has 0 N–H and O–H groups in total. The number of nitrogens with zero attached hydrogens (tertiary/aromatic N) is 1. The third kappa shape index (κ3) is 3.69. The topological polar surface area (TPSA) is 86.5 Å². The first-order chi connectivity index (χ1) is 9.95. The summed E-state index contributed by atoms with van der Waals surface area (Å²) in [6.45, 7) is 1.64. The van der Waals surface area contributed by atoms with E-state index in [1.807, 2.05) is 0 Å². The number of sulfone groups is 1. The van der Waals surface area contributed by atoms with Crippen molar-refractivity contribution < 1.29 is 22.4 Å². The molecule has 0 amide bonds. The van der Waals surface area contributed by atoms with E-state index in [0.29, 0.717) is 34.9 Å². The summed E-state index contributed by atoms with van der Waals surface area (Å²) in [5, 5.41) is 0. The molecule has 0 bridgehead atoms. The van der Waals surface area contributed by atoms with Gasteiger partial charge in [-0.05, 0) is 25.1 Å². The highest BCUT2D eigenvalue weighted by molar-refractivity contribution is 7.91. The molecule has 7 heteroatoms. The van der Waals surface area contributed by atoms with E-state index in [9.17, 15) is 13.2 Å². The molecule has 0 spiro atoms. The molecule has 1 aromatic heterocycles. The van der Waals surface area contributed by atoms with E-state index in [2.05, 4.69) is 4.98 Å². The SMILES string of the molecule is COc1cccc(-c2nc(CS(=O)(=O)CC=O)c(C)o2)c1. The number of hydrogen-bond acceptors (Lipinski definition) is 6. The molecule has 112 valence electrons. The number of carbonyl (C=O) groups is 1. The molecule has 6 nitrogen and oxygen atoms in total. The minimum atomic E-state index is -3.50. The molecular formula is C14H15NO5S. The molecule has 1 aromatic carbocycles. The van der Waals surface area contributed by atoms with Gasteiger partial charge in [0, 0.05) is 5.56 Å². The Labute approximate surface area is 122 Å². The third-order valence-corrected chi connectivity index (χ3v) is 4.25. The quantitative estimate of drug-likeness (QED) is 0.756. The van der Waals surface area contributed by atoms with Gasteiger partial charge in [0.05, 0.1) is 18.6 Å². The van der Waals surface area contributed by atoms with Gasteiger partial charge in [0.25, 0.3) is 0 Å². The monoisotopic (exact) mass is 309 g/mol. The zero-order valence-corrected chi connectivity index (χ0v) is 12.5. The van der Waals surface area contributed by atoms with Crippen LogP contribution in [0.25, 0.3) is 11.5 Å². The molecule has 0 aliphatic rings. The van der Waals surface area contributed by atoms with Crippen LogP contribution in [0.3, 0.4) is 0 Å². The summed E-state index contributed by atoms with van der Waals surface area (Å²) in [7, 11) is -1.95. The lowest BCUT2D eigenvalue weighted by Gasteiger charge is -2.00. The lowest BCUT2D eigenvalue weighted by atomic mass is 10.2. The predicted molar refractivity (Wildman–Crippen MR) is 76.8 cm³/mol. The van der Waals surface area contributed by atoms with E-state index in [4.69, 9.17) is 9.15 Å². The van der Waals surface area contributed by atoms with Crippen molar-refractivity contribution in [3.63, 3.8) is 0 Å². The van der Waals surface area contributed by atoms with Crippen molar-refractivity contribution in [2.24, 2.45) is 0 Å². The van der Waals surface area contributed by atoms with Crippen molar-refractivity contribution in [1.82, 2.24) is 4.98 Å². The van der Waals surface area contributed by atoms with Gasteiger partial charge in [-0.2, -0.15) is 0 Å². The molecule has 2 aromatic rings. The van der Waals surface area contributed by atoms with Crippen LogP contribution in [-0.4, -0.2) is 32.6 Å². The maximum Gasteiger partial charge on any atom is 0.226 e. The zero-order chi connectivity index (χ0) is 15.5. The van der Waals surface area contributed by atoms with Gasteiger partial charge in [-0.15, -0.1) is 0 Å². The van der Waals surface area contributed by atoms with Crippen LogP contribution in [0.5, 0.6) is 5.75 Å². The summed E-state index contributed by atoms with van der Waals surface area (Å²) >= 11 is 0. The Hall–Kier alpha value is -2.15. The molecular weight excluding hydrogens is 294 g/mol. The maximum absolute atomic E-state index is 11.7. The second-order valence-electron chi connectivity index (χ2n) is 4.48. The molecule has 0 unspecified atom stereocenters. The fourth-order valence-corrected chi connectivity index (χ4v) is 2.82. The molecule has 0 radical (unpaired) electrons. The van der Waals surface area contributed by atoms with Crippen molar-refractivity contribution in [3.8, 4) is 17.2 Å². The average Bonchev–Trinajstić information content (AvgIpc) is 2.79. The summed E-state index contributed by atoms with van der Waals surface area (Å²) < 4.78 is 34.0. The molecule has 0 atom stereocenters. The number of carbonyl (C=O) groups excluding carboxylic acids is 1. The van der Waals surface area contributed by atoms with Crippen LogP contribution in [-0.2, 0) is 20.4 Å². The smallest absolute Gasteiger partial charge is 0.226 e. The highest BCUT2D eigenvalue weighted by Gasteiger charge is 2.18. The number of benzene rings is 1. The van der Waals surface area contributed by atoms with Crippen LogP contribution in [0, 0.1) is 6.92 Å². The first-order valence-corrected chi connectivity index (χ1v) is 8.02. The van der Waals surface area contributed by atoms with Crippen LogP contribution in [0.1, 0.15) is 11.5 Å². The fraction of sp³-hybridized carbons (Fsp3) is 0.286. The molecule has 0 aliphatic carbocycles. The number of ether oxygens (including phenoxy) is 1. The first kappa shape index (κ1) is 15.2. The van der Waals surface area contributed by atoms with Crippen molar-refractivity contribution in [1.29, 1.82) is 0 Å². The van der Waals surface area contributed by atoms with Gasteiger partial charge in [0.1, 0.15) is 23.5 Å². The predicted octanol–water partition coefficient (Wildman–Crippen LogP) is 1.77. The Kier molecular flexibility index (Phi) is 4.42. The van der Waals surface area contributed by atoms with E-state index < -0.39 is 15.6 Å². The van der Waals surface area contributed by atoms with Crippen LogP contribution < -0.4 is 4.74 Å². The lowest BCUT2D eigenvalue weighted by molar-refractivity contribution is -0.105. The van der Waals surface area contributed by atoms with Gasteiger partial charge in [-0.25, -0.2) is 13.4 Å². The van der Waals surface area contributed by atoms with Crippen LogP contribution in [0.4, 0.5) is 0 Å². The van der Waals surface area contributed by atoms with Crippen molar-refractivity contribution in [2.45, 2.75) is 12.7 Å². The number of methoxy groups -OCH3 is 1. The number of aromatic nitrogens is 1. The molecule has 0 saturated heterocycles. The Balaban J connectivity index is 2.32. The van der Waals surface area contributed by atoms with Gasteiger partial charge in [0.2, 0.25) is 5.89 Å². The number of hydrogen-bond donors (Lipinski definition) is 0. The maximum atomic E-state index is 11.7. The summed E-state index contributed by atoms with van der Waals surface area (Å²) in [6.07, 6.45) is 0.369. The Morgan fingerprint density at radius 1 is 1.38 bits per heavy atom. The molecule has 0 fully saturated rings. The van der Waals surface area contributed by atoms with Crippen molar-refractivity contribution in [3.05, 3.63) is 35.7 Å². The third-order valence-electron chi connectivity index (χ3n) is 2.89. The van der Waals surface area contributed by atoms with E-state index in [-0.39, 0.29) is 5.75 Å². The summed E-state index contributed by atoms with van der Waals surface area (Å²) in [5.41, 5.74) is 1.01. The van der Waals surface area contributed by atoms with Crippen molar-refractivity contribution in [2.75, 3.05) is 12.9 Å². The van der Waals surface area contributed by atoms with Crippen LogP contribution >= 0.6 is 0 Å². The van der Waals surface area contributed by atoms with Crippen LogP contribution in [0.2, 0.25) is 0 Å². The van der Waals surface area contributed by atoms with E-state index in [1.165, 1.54) is 0 Å². The largest absolute Gasteiger partial charge is 0.497 e. The zero-order valence-electron chi connectivity index (χ0n) is 11.7. The molecule has 0 saturated carbocycles. The normalized spacial score (nSPS) is 11.3. The highest BCUT2D eigenvalue weighted by Crippen LogP contribution is 2.25. The number of rotatable bonds is 6. The molecule has 21 heavy (non-hydrogen) atoms. The average molecular weight is 309 g/mol. The summed E-state index contributed by atoms with van der Waals surface area (Å²) in [5.74, 6) is 0.558. The number of oxazole rings is 1. The second-order valence-corrected chi connectivity index (χ2v) is 6.58. The van der Waals surface area contributed by atoms with E-state index >= 15 is 0 Å². The van der Waals surface area contributed by atoms with Gasteiger partial charge in [0.15, 0.2) is 9.84 Å². The van der Waals surface area contributed by atoms with Gasteiger partial charge >= 0.3 is 0 Å². The van der Waals surface area contributed by atoms with Crippen LogP contribution in [0.15, 0.2) is 28.7 Å². The Bertz CT molecular complexity index is 748. The van der Waals surface area contributed by atoms with Gasteiger partial charge < -0.3 is 13.9 Å². The molecule has 0 aliphatic heterocycles. The lowest BCUT2D eigenvalue weighted by Crippen LogP contribution is -2.11. The number of aryl methyl sites for hydroxylation is 1. The minimum Gasteiger partial charge on any atom is -0.497 e. The van der Waals surface area contributed by atoms with Gasteiger partial charge in [-0.3, -0.25) is 0 Å². The molecule has 2 rings (SSSR count). The molecule has 1 heterocycles. The Morgan fingerprint density at radius 2 is 2.14 bits per heavy atom. The van der Waals surface area contributed by atoms with E-state index in [1.54, 1.807) is 38.3 Å². The Morgan fingerprint density at radius 3 is 2.81 bits per heavy atom. The summed E-state index contributed by atoms with van der Waals surface area (Å²) in [6, 6.07) is 7.11. The second kappa shape index (κ2) is 6.09. The van der Waals surface area contributed by atoms with Crippen molar-refractivity contribution >= 4 is 16.1 Å². The standard InChI is InChI=1S/C14H15NO5S/c1-10-13(9-21(17,18)7-6-16)15-14(20-10)11-4-3-5-12(8-11)19-2/h3-6,8H,7,9H2,1-2H3. The van der Waals surface area contributed by atoms with Gasteiger partial charge in [-0.1, -0.05) is 6.07 Å². The number of aldehydes is 1. The first-order valence-electron chi connectivity index (χ1n) is 6.20. The highest BCUT2D eigenvalue weighted by atomic mass is 32.2. The fourth-order valence-electron chi connectivity index (χ4n) is 1.81.